The number of carboxylic acids is 1. The van der Waals surface area contributed by atoms with Gasteiger partial charge < -0.3 is 25.7 Å². The van der Waals surface area contributed by atoms with E-state index in [9.17, 15) is 14.4 Å². The summed E-state index contributed by atoms with van der Waals surface area (Å²) in [4.78, 5) is 37.3. The Kier molecular flexibility index (Phi) is 7.51. The lowest BCUT2D eigenvalue weighted by Gasteiger charge is -2.33. The highest BCUT2D eigenvalue weighted by molar-refractivity contribution is 6.01. The number of carboxylic acid groups (broad SMARTS) is 1. The van der Waals surface area contributed by atoms with Crippen LogP contribution in [-0.2, 0) is 14.3 Å². The fraction of sp³-hybridized carbons (Fsp3) is 0.474. The molecule has 4 N–H and O–H groups in total. The molecule has 0 bridgehead atoms. The fourth-order valence-corrected chi connectivity index (χ4v) is 3.11. The Labute approximate surface area is 162 Å². The van der Waals surface area contributed by atoms with Gasteiger partial charge in [-0.3, -0.25) is 9.59 Å². The number of piperidine rings is 1. The first-order chi connectivity index (χ1) is 13.3. The van der Waals surface area contributed by atoms with Gasteiger partial charge in [0, 0.05) is 36.6 Å². The average molecular weight is 391 g/mol. The van der Waals surface area contributed by atoms with Gasteiger partial charge in [0.2, 0.25) is 5.91 Å². The van der Waals surface area contributed by atoms with Crippen molar-refractivity contribution in [2.24, 2.45) is 16.8 Å². The Balaban J connectivity index is 1.85. The molecule has 0 aliphatic carbocycles. The largest absolute Gasteiger partial charge is 0.480 e. The van der Waals surface area contributed by atoms with E-state index in [0.717, 1.165) is 0 Å². The normalized spacial score (nSPS) is 16.6. The minimum Gasteiger partial charge on any atom is -0.480 e. The van der Waals surface area contributed by atoms with Crippen molar-refractivity contribution in [1.82, 2.24) is 4.90 Å². The zero-order valence-electron chi connectivity index (χ0n) is 15.7. The minimum absolute atomic E-state index is 0.0433. The number of benzene rings is 1. The summed E-state index contributed by atoms with van der Waals surface area (Å²) >= 11 is 0. The first-order valence-electron chi connectivity index (χ1n) is 9.05. The monoisotopic (exact) mass is 391 g/mol. The molecule has 1 saturated heterocycles. The number of aliphatic carboxylic acids is 1. The smallest absolute Gasteiger partial charge is 0.329 e. The summed E-state index contributed by atoms with van der Waals surface area (Å²) in [6.07, 6.45) is 1.08. The lowest BCUT2D eigenvalue weighted by molar-refractivity contribution is -0.147. The second-order valence-electron chi connectivity index (χ2n) is 6.82. The summed E-state index contributed by atoms with van der Waals surface area (Å²) in [5, 5.41) is 20.2. The van der Waals surface area contributed by atoms with Crippen LogP contribution < -0.4 is 5.73 Å². The molecule has 9 nitrogen and oxygen atoms in total. The van der Waals surface area contributed by atoms with Crippen LogP contribution in [0.1, 0.15) is 42.1 Å². The lowest BCUT2D eigenvalue weighted by atomic mass is 9.96. The molecule has 0 radical (unpaired) electrons. The zero-order valence-corrected chi connectivity index (χ0v) is 15.7. The molecule has 0 unspecified atom stereocenters. The Morgan fingerprint density at radius 2 is 1.79 bits per heavy atom. The van der Waals surface area contributed by atoms with Crippen molar-refractivity contribution in [1.29, 1.82) is 0 Å². The van der Waals surface area contributed by atoms with Crippen LogP contribution in [0.3, 0.4) is 0 Å². The number of hydrogen-bond acceptors (Lipinski definition) is 6. The van der Waals surface area contributed by atoms with E-state index in [-0.39, 0.29) is 36.7 Å². The molecule has 0 saturated carbocycles. The molecule has 1 aliphatic rings. The van der Waals surface area contributed by atoms with E-state index in [0.29, 0.717) is 37.1 Å². The van der Waals surface area contributed by atoms with Crippen LogP contribution in [0.5, 0.6) is 0 Å². The van der Waals surface area contributed by atoms with Crippen molar-refractivity contribution in [3.05, 3.63) is 35.4 Å². The number of ether oxygens (including phenoxy) is 1. The van der Waals surface area contributed by atoms with Crippen molar-refractivity contribution in [3.8, 4) is 0 Å². The van der Waals surface area contributed by atoms with Gasteiger partial charge in [0.1, 0.15) is 6.61 Å². The summed E-state index contributed by atoms with van der Waals surface area (Å²) in [5.74, 6) is -1.78. The molecular weight excluding hydrogens is 366 g/mol. The molecule has 0 spiro atoms. The molecule has 2 rings (SSSR count). The Morgan fingerprint density at radius 3 is 2.32 bits per heavy atom. The second-order valence-corrected chi connectivity index (χ2v) is 6.82. The number of carbonyl (C=O) groups excluding carboxylic acids is 2. The molecule has 1 atom stereocenters. The first-order valence-corrected chi connectivity index (χ1v) is 9.05. The average Bonchev–Trinajstić information content (AvgIpc) is 2.71. The van der Waals surface area contributed by atoms with Gasteiger partial charge >= 0.3 is 5.97 Å². The maximum atomic E-state index is 12.6. The molecule has 1 aromatic carbocycles. The highest BCUT2D eigenvalue weighted by Crippen LogP contribution is 2.19. The van der Waals surface area contributed by atoms with Crippen LogP contribution in [0, 0.1) is 5.92 Å². The summed E-state index contributed by atoms with van der Waals surface area (Å²) in [7, 11) is 0. The molecule has 1 amide bonds. The van der Waals surface area contributed by atoms with Crippen LogP contribution in [-0.4, -0.2) is 64.5 Å². The topological polar surface area (TPSA) is 143 Å². The summed E-state index contributed by atoms with van der Waals surface area (Å²) in [6.45, 7) is 2.35. The highest BCUT2D eigenvalue weighted by Gasteiger charge is 2.28. The Hall–Kier alpha value is -2.94. The third kappa shape index (κ3) is 5.78. The fourth-order valence-electron chi connectivity index (χ4n) is 3.11. The predicted molar refractivity (Wildman–Crippen MR) is 100 cm³/mol. The van der Waals surface area contributed by atoms with Crippen molar-refractivity contribution in [2.75, 3.05) is 19.7 Å². The van der Waals surface area contributed by atoms with Crippen LogP contribution in [0.2, 0.25) is 0 Å². The molecule has 152 valence electrons. The second kappa shape index (κ2) is 9.84. The van der Waals surface area contributed by atoms with Crippen LogP contribution in [0.4, 0.5) is 0 Å². The number of ketones is 1. The van der Waals surface area contributed by atoms with Gasteiger partial charge in [0.05, 0.1) is 6.10 Å². The van der Waals surface area contributed by atoms with Gasteiger partial charge in [-0.1, -0.05) is 36.3 Å². The van der Waals surface area contributed by atoms with Crippen molar-refractivity contribution in [3.63, 3.8) is 0 Å². The van der Waals surface area contributed by atoms with E-state index >= 15 is 0 Å². The maximum Gasteiger partial charge on any atom is 0.329 e. The number of nitrogens with zero attached hydrogens (tertiary/aromatic N) is 2. The molecule has 1 aliphatic heterocycles. The van der Waals surface area contributed by atoms with E-state index in [4.69, 9.17) is 20.8 Å². The zero-order chi connectivity index (χ0) is 20.7. The van der Waals surface area contributed by atoms with Gasteiger partial charge in [-0.2, -0.15) is 0 Å². The quantitative estimate of drug-likeness (QED) is 0.198. The number of hydrogen-bond donors (Lipinski definition) is 3. The third-order valence-corrected chi connectivity index (χ3v) is 4.72. The summed E-state index contributed by atoms with van der Waals surface area (Å²) < 4.78 is 5.27. The van der Waals surface area contributed by atoms with Crippen LogP contribution in [0.15, 0.2) is 29.4 Å². The summed E-state index contributed by atoms with van der Waals surface area (Å²) in [5.41, 5.74) is 6.44. The first kappa shape index (κ1) is 21.4. The standard InChI is InChI=1S/C19H25N3O6/c1-12(10-16(23)13-2-4-14(5-3-13)18(20)21-27)19(26)22-8-6-15(7-9-22)28-11-17(24)25/h2-5,12,15,27H,6-11H2,1H3,(H2,20,21)(H,24,25)/t12-/m1/s1. The number of amidine groups is 1. The third-order valence-electron chi connectivity index (χ3n) is 4.72. The van der Waals surface area contributed by atoms with Gasteiger partial charge in [0.15, 0.2) is 11.6 Å². The van der Waals surface area contributed by atoms with Crippen molar-refractivity contribution >= 4 is 23.5 Å². The van der Waals surface area contributed by atoms with Gasteiger partial charge in [-0.05, 0) is 12.8 Å². The number of carbonyl (C=O) groups is 3. The highest BCUT2D eigenvalue weighted by atomic mass is 16.5. The van der Waals surface area contributed by atoms with E-state index in [1.165, 1.54) is 0 Å². The lowest BCUT2D eigenvalue weighted by Crippen LogP contribution is -2.43. The minimum atomic E-state index is -1.01. The van der Waals surface area contributed by atoms with E-state index in [1.54, 1.807) is 36.1 Å². The molecule has 9 heteroatoms. The number of likely N-dealkylation sites (tertiary alicyclic amines) is 1. The van der Waals surface area contributed by atoms with Gasteiger partial charge in [-0.25, -0.2) is 4.79 Å². The maximum absolute atomic E-state index is 12.6. The molecule has 1 aromatic rings. The van der Waals surface area contributed by atoms with Crippen molar-refractivity contribution < 1.29 is 29.4 Å². The van der Waals surface area contributed by atoms with Gasteiger partial charge in [-0.15, -0.1) is 0 Å². The summed E-state index contributed by atoms with van der Waals surface area (Å²) in [6, 6.07) is 6.32. The number of nitrogens with two attached hydrogens (primary N) is 1. The number of oxime groups is 1. The SMILES string of the molecule is C[C@H](CC(=O)c1ccc(C(N)=NO)cc1)C(=O)N1CCC(OCC(=O)O)CC1. The molecular formula is C19H25N3O6. The molecule has 28 heavy (non-hydrogen) atoms. The van der Waals surface area contributed by atoms with E-state index < -0.39 is 11.9 Å². The van der Waals surface area contributed by atoms with Gasteiger partial charge in [0.25, 0.3) is 0 Å². The number of amides is 1. The number of Topliss-reactive ketones (excluding diaryl/α,β-unsaturated/α-hetero) is 1. The molecule has 0 aromatic heterocycles. The Morgan fingerprint density at radius 1 is 1.21 bits per heavy atom. The number of rotatable bonds is 8. The van der Waals surface area contributed by atoms with Crippen LogP contribution >= 0.6 is 0 Å². The predicted octanol–water partition coefficient (Wildman–Crippen LogP) is 1.08. The molecule has 1 fully saturated rings. The van der Waals surface area contributed by atoms with Crippen LogP contribution in [0.25, 0.3) is 0 Å². The van der Waals surface area contributed by atoms with Crippen molar-refractivity contribution in [2.45, 2.75) is 32.3 Å². The molecule has 1 heterocycles. The Bertz CT molecular complexity index is 739. The van der Waals surface area contributed by atoms with E-state index in [1.807, 2.05) is 0 Å². The van der Waals surface area contributed by atoms with E-state index in [2.05, 4.69) is 5.16 Å².